The summed E-state index contributed by atoms with van der Waals surface area (Å²) in [6.45, 7) is 4.69. The van der Waals surface area contributed by atoms with Crippen molar-refractivity contribution < 1.29 is 0 Å². The standard InChI is InChI=1S/C17H25N5/c1-5-22(4)16-9-10-18-17(20-16)19-12-14-7-6-8-15(11-14)13-21(2)3/h6-11H,5,12-13H2,1-4H3,(H,18,19,20). The van der Waals surface area contributed by atoms with Crippen LogP contribution in [0.15, 0.2) is 36.5 Å². The van der Waals surface area contributed by atoms with E-state index in [4.69, 9.17) is 0 Å². The Bertz CT molecular complexity index is 597. The maximum atomic E-state index is 4.52. The molecule has 118 valence electrons. The average Bonchev–Trinajstić information content (AvgIpc) is 2.52. The minimum atomic E-state index is 0.663. The number of anilines is 2. The fourth-order valence-electron chi connectivity index (χ4n) is 2.19. The van der Waals surface area contributed by atoms with E-state index in [0.29, 0.717) is 5.95 Å². The van der Waals surface area contributed by atoms with Crippen LogP contribution in [0.5, 0.6) is 0 Å². The Labute approximate surface area is 133 Å². The van der Waals surface area contributed by atoms with Crippen LogP contribution in [-0.4, -0.2) is 42.6 Å². The molecule has 2 aromatic rings. The summed E-state index contributed by atoms with van der Waals surface area (Å²) in [5.41, 5.74) is 2.54. The lowest BCUT2D eigenvalue weighted by Crippen LogP contribution is -2.18. The third kappa shape index (κ3) is 4.70. The van der Waals surface area contributed by atoms with Crippen molar-refractivity contribution in [2.24, 2.45) is 0 Å². The number of hydrogen-bond donors (Lipinski definition) is 1. The van der Waals surface area contributed by atoms with Crippen LogP contribution in [0.4, 0.5) is 11.8 Å². The van der Waals surface area contributed by atoms with E-state index in [0.717, 1.165) is 25.5 Å². The predicted molar refractivity (Wildman–Crippen MR) is 92.1 cm³/mol. The summed E-state index contributed by atoms with van der Waals surface area (Å²) < 4.78 is 0. The molecule has 1 heterocycles. The van der Waals surface area contributed by atoms with Gasteiger partial charge in [-0.1, -0.05) is 24.3 Å². The first-order valence-electron chi connectivity index (χ1n) is 7.59. The predicted octanol–water partition coefficient (Wildman–Crippen LogP) is 2.61. The van der Waals surface area contributed by atoms with E-state index in [9.17, 15) is 0 Å². The lowest BCUT2D eigenvalue weighted by molar-refractivity contribution is 0.402. The Morgan fingerprint density at radius 1 is 1.09 bits per heavy atom. The highest BCUT2D eigenvalue weighted by atomic mass is 15.2. The summed E-state index contributed by atoms with van der Waals surface area (Å²) in [5.74, 6) is 1.59. The topological polar surface area (TPSA) is 44.3 Å². The van der Waals surface area contributed by atoms with Gasteiger partial charge in [0, 0.05) is 32.9 Å². The number of benzene rings is 1. The molecule has 0 unspecified atom stereocenters. The summed E-state index contributed by atoms with van der Waals surface area (Å²) in [4.78, 5) is 13.1. The summed E-state index contributed by atoms with van der Waals surface area (Å²) in [7, 11) is 6.18. The largest absolute Gasteiger partial charge is 0.360 e. The highest BCUT2D eigenvalue weighted by Gasteiger charge is 2.03. The van der Waals surface area contributed by atoms with E-state index in [-0.39, 0.29) is 0 Å². The van der Waals surface area contributed by atoms with Crippen molar-refractivity contribution in [2.45, 2.75) is 20.0 Å². The number of nitrogens with one attached hydrogen (secondary N) is 1. The molecule has 0 aliphatic rings. The van der Waals surface area contributed by atoms with Gasteiger partial charge < -0.3 is 15.1 Å². The van der Waals surface area contributed by atoms with Gasteiger partial charge in [-0.3, -0.25) is 0 Å². The SMILES string of the molecule is CCN(C)c1ccnc(NCc2cccc(CN(C)C)c2)n1. The molecule has 1 aromatic carbocycles. The Hall–Kier alpha value is -2.14. The number of rotatable bonds is 7. The summed E-state index contributed by atoms with van der Waals surface area (Å²) in [5, 5.41) is 3.30. The van der Waals surface area contributed by atoms with Crippen LogP contribution >= 0.6 is 0 Å². The van der Waals surface area contributed by atoms with Crippen LogP contribution in [0.25, 0.3) is 0 Å². The van der Waals surface area contributed by atoms with Crippen LogP contribution in [-0.2, 0) is 13.1 Å². The fourth-order valence-corrected chi connectivity index (χ4v) is 2.19. The number of hydrogen-bond acceptors (Lipinski definition) is 5. The highest BCUT2D eigenvalue weighted by molar-refractivity contribution is 5.41. The van der Waals surface area contributed by atoms with E-state index >= 15 is 0 Å². The second-order valence-electron chi connectivity index (χ2n) is 5.66. The van der Waals surface area contributed by atoms with Crippen LogP contribution < -0.4 is 10.2 Å². The minimum absolute atomic E-state index is 0.663. The smallest absolute Gasteiger partial charge is 0.224 e. The van der Waals surface area contributed by atoms with Crippen molar-refractivity contribution in [1.29, 1.82) is 0 Å². The van der Waals surface area contributed by atoms with E-state index in [1.165, 1.54) is 11.1 Å². The van der Waals surface area contributed by atoms with Crippen molar-refractivity contribution in [3.05, 3.63) is 47.7 Å². The third-order valence-corrected chi connectivity index (χ3v) is 3.45. The Kier molecular flexibility index (Phi) is 5.72. The molecule has 5 heteroatoms. The van der Waals surface area contributed by atoms with E-state index in [1.807, 2.05) is 13.1 Å². The van der Waals surface area contributed by atoms with Gasteiger partial charge in [0.25, 0.3) is 0 Å². The van der Waals surface area contributed by atoms with Crippen LogP contribution in [0, 0.1) is 0 Å². The molecule has 2 rings (SSSR count). The van der Waals surface area contributed by atoms with Crippen LogP contribution in [0.2, 0.25) is 0 Å². The molecule has 0 saturated carbocycles. The van der Waals surface area contributed by atoms with Gasteiger partial charge >= 0.3 is 0 Å². The van der Waals surface area contributed by atoms with E-state index in [1.54, 1.807) is 6.20 Å². The van der Waals surface area contributed by atoms with Crippen LogP contribution in [0.1, 0.15) is 18.1 Å². The van der Waals surface area contributed by atoms with Gasteiger partial charge in [-0.25, -0.2) is 4.98 Å². The van der Waals surface area contributed by atoms with Gasteiger partial charge in [0.1, 0.15) is 5.82 Å². The van der Waals surface area contributed by atoms with Gasteiger partial charge in [0.2, 0.25) is 5.95 Å². The third-order valence-electron chi connectivity index (χ3n) is 3.45. The summed E-state index contributed by atoms with van der Waals surface area (Å²) in [6, 6.07) is 10.5. The van der Waals surface area contributed by atoms with Gasteiger partial charge in [0.05, 0.1) is 0 Å². The maximum absolute atomic E-state index is 4.52. The van der Waals surface area contributed by atoms with Crippen molar-refractivity contribution in [2.75, 3.05) is 37.9 Å². The Balaban J connectivity index is 2.01. The minimum Gasteiger partial charge on any atom is -0.360 e. The van der Waals surface area contributed by atoms with Gasteiger partial charge in [-0.2, -0.15) is 4.98 Å². The first-order chi connectivity index (χ1) is 10.6. The first kappa shape index (κ1) is 16.2. The molecule has 0 aliphatic carbocycles. The van der Waals surface area contributed by atoms with Crippen molar-refractivity contribution in [3.8, 4) is 0 Å². The summed E-state index contributed by atoms with van der Waals surface area (Å²) in [6.07, 6.45) is 1.79. The van der Waals surface area contributed by atoms with Crippen molar-refractivity contribution >= 4 is 11.8 Å². The van der Waals surface area contributed by atoms with Crippen LogP contribution in [0.3, 0.4) is 0 Å². The molecule has 0 radical (unpaired) electrons. The molecular weight excluding hydrogens is 274 g/mol. The number of aromatic nitrogens is 2. The zero-order valence-corrected chi connectivity index (χ0v) is 13.9. The molecule has 22 heavy (non-hydrogen) atoms. The van der Waals surface area contributed by atoms with Gasteiger partial charge in [-0.15, -0.1) is 0 Å². The van der Waals surface area contributed by atoms with Crippen molar-refractivity contribution in [3.63, 3.8) is 0 Å². The molecule has 1 aromatic heterocycles. The summed E-state index contributed by atoms with van der Waals surface area (Å²) >= 11 is 0. The molecule has 0 atom stereocenters. The lowest BCUT2D eigenvalue weighted by atomic mass is 10.1. The second kappa shape index (κ2) is 7.75. The van der Waals surface area contributed by atoms with E-state index < -0.39 is 0 Å². The van der Waals surface area contributed by atoms with Crippen molar-refractivity contribution in [1.82, 2.24) is 14.9 Å². The average molecular weight is 299 g/mol. The zero-order valence-electron chi connectivity index (χ0n) is 13.9. The van der Waals surface area contributed by atoms with E-state index in [2.05, 4.69) is 70.4 Å². The quantitative estimate of drug-likeness (QED) is 0.851. The number of nitrogens with zero attached hydrogens (tertiary/aromatic N) is 4. The molecule has 0 amide bonds. The molecule has 0 spiro atoms. The molecular formula is C17H25N5. The Morgan fingerprint density at radius 2 is 1.86 bits per heavy atom. The molecule has 5 nitrogen and oxygen atoms in total. The normalized spacial score (nSPS) is 10.8. The van der Waals surface area contributed by atoms with Gasteiger partial charge in [-0.05, 0) is 38.2 Å². The molecule has 0 saturated heterocycles. The molecule has 1 N–H and O–H groups in total. The van der Waals surface area contributed by atoms with Gasteiger partial charge in [0.15, 0.2) is 0 Å². The lowest BCUT2D eigenvalue weighted by Gasteiger charge is -2.16. The molecule has 0 fully saturated rings. The molecule has 0 bridgehead atoms. The second-order valence-corrected chi connectivity index (χ2v) is 5.66. The monoisotopic (exact) mass is 299 g/mol. The Morgan fingerprint density at radius 3 is 2.59 bits per heavy atom. The fraction of sp³-hybridized carbons (Fsp3) is 0.412. The zero-order chi connectivity index (χ0) is 15.9. The molecule has 0 aliphatic heterocycles. The highest BCUT2D eigenvalue weighted by Crippen LogP contribution is 2.12. The maximum Gasteiger partial charge on any atom is 0.224 e. The first-order valence-corrected chi connectivity index (χ1v) is 7.59.